The maximum absolute atomic E-state index is 3.79. The summed E-state index contributed by atoms with van der Waals surface area (Å²) in [6, 6.07) is 13.8. The molecular formula is C22H31BrS. The molecular weight excluding hydrogens is 376 g/mol. The molecule has 2 aromatic rings. The first kappa shape index (κ1) is 19.7. The zero-order chi connectivity index (χ0) is 18.3. The van der Waals surface area contributed by atoms with Crippen LogP contribution in [0, 0.1) is 0 Å². The summed E-state index contributed by atoms with van der Waals surface area (Å²) in [6.45, 7) is 18.4. The number of hydrogen-bond donors (Lipinski definition) is 0. The highest BCUT2D eigenvalue weighted by atomic mass is 79.9. The molecule has 0 aliphatic rings. The summed E-state index contributed by atoms with van der Waals surface area (Å²) < 4.78 is 0.0368. The van der Waals surface area contributed by atoms with Crippen LogP contribution in [0.25, 0.3) is 0 Å². The predicted molar refractivity (Wildman–Crippen MR) is 113 cm³/mol. The van der Waals surface area contributed by atoms with E-state index in [-0.39, 0.29) is 15.2 Å². The molecule has 1 aromatic carbocycles. The third-order valence-electron chi connectivity index (χ3n) is 5.67. The Morgan fingerprint density at radius 2 is 1.25 bits per heavy atom. The Labute approximate surface area is 160 Å². The summed E-state index contributed by atoms with van der Waals surface area (Å²) in [5.41, 5.74) is 2.94. The number of halogens is 1. The van der Waals surface area contributed by atoms with Gasteiger partial charge in [0, 0.05) is 15.2 Å². The number of hydrogen-bond acceptors (Lipinski definition) is 1. The van der Waals surface area contributed by atoms with Gasteiger partial charge in [-0.3, -0.25) is 0 Å². The van der Waals surface area contributed by atoms with Crippen molar-refractivity contribution in [2.24, 2.45) is 0 Å². The molecule has 0 unspecified atom stereocenters. The van der Waals surface area contributed by atoms with Crippen molar-refractivity contribution < 1.29 is 0 Å². The molecule has 0 amide bonds. The van der Waals surface area contributed by atoms with Gasteiger partial charge in [-0.15, -0.1) is 11.3 Å². The summed E-state index contributed by atoms with van der Waals surface area (Å²) in [5.74, 6) is 0.580. The van der Waals surface area contributed by atoms with E-state index in [1.165, 1.54) is 20.9 Å². The molecule has 132 valence electrons. The van der Waals surface area contributed by atoms with Crippen LogP contribution in [0.15, 0.2) is 36.4 Å². The Morgan fingerprint density at radius 1 is 0.750 bits per heavy atom. The molecule has 2 heteroatoms. The van der Waals surface area contributed by atoms with Crippen LogP contribution in [0.1, 0.15) is 82.2 Å². The molecule has 24 heavy (non-hydrogen) atoms. The van der Waals surface area contributed by atoms with Crippen LogP contribution in [0.2, 0.25) is 0 Å². The summed E-state index contributed by atoms with van der Waals surface area (Å²) in [5, 5.41) is 0. The van der Waals surface area contributed by atoms with Gasteiger partial charge in [0.25, 0.3) is 0 Å². The normalized spacial score (nSPS) is 13.6. The number of benzene rings is 1. The van der Waals surface area contributed by atoms with E-state index < -0.39 is 0 Å². The van der Waals surface area contributed by atoms with E-state index in [0.29, 0.717) is 5.92 Å². The summed E-state index contributed by atoms with van der Waals surface area (Å²) >= 11 is 5.72. The van der Waals surface area contributed by atoms with Crippen LogP contribution in [0.4, 0.5) is 0 Å². The topological polar surface area (TPSA) is 0 Å². The standard InChI is InChI=1S/C22H31BrS/c1-15(2)16-9-11-17(12-10-16)20(3,4)21(5,6)18-13-14-19(24-18)22(7,8)23/h9-15H,1-8H3. The summed E-state index contributed by atoms with van der Waals surface area (Å²) in [7, 11) is 0. The van der Waals surface area contributed by atoms with Gasteiger partial charge in [0.05, 0.1) is 4.32 Å². The van der Waals surface area contributed by atoms with Gasteiger partial charge in [0.15, 0.2) is 0 Å². The molecule has 0 fully saturated rings. The zero-order valence-corrected chi connectivity index (χ0v) is 18.7. The van der Waals surface area contributed by atoms with Gasteiger partial charge in [-0.1, -0.05) is 81.7 Å². The maximum Gasteiger partial charge on any atom is 0.0543 e. The average molecular weight is 407 g/mol. The van der Waals surface area contributed by atoms with Crippen molar-refractivity contribution >= 4 is 27.3 Å². The molecule has 0 saturated carbocycles. The van der Waals surface area contributed by atoms with Crippen LogP contribution in [0.5, 0.6) is 0 Å². The van der Waals surface area contributed by atoms with Crippen molar-refractivity contribution in [2.45, 2.75) is 76.5 Å². The fourth-order valence-corrected chi connectivity index (χ4v) is 4.58. The molecule has 0 spiro atoms. The minimum atomic E-state index is 0.0368. The fraction of sp³-hybridized carbons (Fsp3) is 0.545. The van der Waals surface area contributed by atoms with E-state index in [0.717, 1.165) is 0 Å². The second-order valence-corrected chi connectivity index (χ2v) is 11.7. The highest BCUT2D eigenvalue weighted by molar-refractivity contribution is 9.09. The van der Waals surface area contributed by atoms with Crippen LogP contribution in [-0.2, 0) is 15.2 Å². The van der Waals surface area contributed by atoms with Crippen LogP contribution in [0.3, 0.4) is 0 Å². The Kier molecular flexibility index (Phi) is 5.43. The first-order chi connectivity index (χ1) is 10.9. The van der Waals surface area contributed by atoms with Gasteiger partial charge in [-0.05, 0) is 48.4 Å². The second-order valence-electron chi connectivity index (χ2n) is 8.66. The van der Waals surface area contributed by atoms with E-state index in [1.54, 1.807) is 0 Å². The first-order valence-electron chi connectivity index (χ1n) is 8.77. The quantitative estimate of drug-likeness (QED) is 0.444. The van der Waals surface area contributed by atoms with E-state index in [4.69, 9.17) is 0 Å². The molecule has 0 nitrogen and oxygen atoms in total. The molecule has 0 radical (unpaired) electrons. The molecule has 1 heterocycles. The molecule has 0 bridgehead atoms. The largest absolute Gasteiger partial charge is 0.143 e. The van der Waals surface area contributed by atoms with Crippen LogP contribution >= 0.6 is 27.3 Å². The minimum Gasteiger partial charge on any atom is -0.143 e. The van der Waals surface area contributed by atoms with Crippen molar-refractivity contribution in [1.29, 1.82) is 0 Å². The minimum absolute atomic E-state index is 0.0368. The highest BCUT2D eigenvalue weighted by Gasteiger charge is 2.41. The van der Waals surface area contributed by atoms with Gasteiger partial charge >= 0.3 is 0 Å². The lowest BCUT2D eigenvalue weighted by Crippen LogP contribution is -2.39. The van der Waals surface area contributed by atoms with E-state index in [2.05, 4.69) is 108 Å². The SMILES string of the molecule is CC(C)c1ccc(C(C)(C)C(C)(C)c2ccc(C(C)(C)Br)s2)cc1. The van der Waals surface area contributed by atoms with Gasteiger partial charge in [0.1, 0.15) is 0 Å². The number of rotatable bonds is 5. The summed E-state index contributed by atoms with van der Waals surface area (Å²) in [4.78, 5) is 2.83. The van der Waals surface area contributed by atoms with Crippen molar-refractivity contribution in [2.75, 3.05) is 0 Å². The highest BCUT2D eigenvalue weighted by Crippen LogP contribution is 2.48. The van der Waals surface area contributed by atoms with Gasteiger partial charge in [0.2, 0.25) is 0 Å². The lowest BCUT2D eigenvalue weighted by molar-refractivity contribution is 0.308. The Bertz CT molecular complexity index is 682. The van der Waals surface area contributed by atoms with Crippen molar-refractivity contribution in [1.82, 2.24) is 0 Å². The van der Waals surface area contributed by atoms with E-state index in [9.17, 15) is 0 Å². The second kappa shape index (κ2) is 6.61. The maximum atomic E-state index is 3.79. The summed E-state index contributed by atoms with van der Waals surface area (Å²) in [6.07, 6.45) is 0. The average Bonchev–Trinajstić information content (AvgIpc) is 2.97. The van der Waals surface area contributed by atoms with E-state index in [1.807, 2.05) is 11.3 Å². The Morgan fingerprint density at radius 3 is 1.67 bits per heavy atom. The molecule has 2 rings (SSSR count). The fourth-order valence-electron chi connectivity index (χ4n) is 2.95. The Hall–Kier alpha value is -0.600. The van der Waals surface area contributed by atoms with Gasteiger partial charge < -0.3 is 0 Å². The van der Waals surface area contributed by atoms with Crippen LogP contribution in [-0.4, -0.2) is 0 Å². The van der Waals surface area contributed by atoms with Crippen molar-refractivity contribution in [3.8, 4) is 0 Å². The van der Waals surface area contributed by atoms with Crippen molar-refractivity contribution in [3.05, 3.63) is 57.3 Å². The molecule has 0 aliphatic heterocycles. The molecule has 0 saturated heterocycles. The lowest BCUT2D eigenvalue weighted by atomic mass is 9.63. The smallest absolute Gasteiger partial charge is 0.0543 e. The van der Waals surface area contributed by atoms with Crippen molar-refractivity contribution in [3.63, 3.8) is 0 Å². The third kappa shape index (κ3) is 3.65. The van der Waals surface area contributed by atoms with Gasteiger partial charge in [-0.2, -0.15) is 0 Å². The lowest BCUT2D eigenvalue weighted by Gasteiger charge is -2.42. The van der Waals surface area contributed by atoms with Gasteiger partial charge in [-0.25, -0.2) is 0 Å². The molecule has 0 aliphatic carbocycles. The Balaban J connectivity index is 2.40. The van der Waals surface area contributed by atoms with E-state index >= 15 is 0 Å². The monoisotopic (exact) mass is 406 g/mol. The first-order valence-corrected chi connectivity index (χ1v) is 10.4. The molecule has 0 atom stereocenters. The molecule has 0 N–H and O–H groups in total. The van der Waals surface area contributed by atoms with Crippen LogP contribution < -0.4 is 0 Å². The molecule has 1 aromatic heterocycles. The predicted octanol–water partition coefficient (Wildman–Crippen LogP) is 7.76. The zero-order valence-electron chi connectivity index (χ0n) is 16.3. The number of alkyl halides is 1. The third-order valence-corrected chi connectivity index (χ3v) is 8.09. The number of thiophene rings is 1.